The fourth-order valence-corrected chi connectivity index (χ4v) is 2.59. The molecule has 0 aliphatic carbocycles. The van der Waals surface area contributed by atoms with E-state index in [0.29, 0.717) is 17.2 Å². The molecule has 0 fully saturated rings. The van der Waals surface area contributed by atoms with Crippen molar-refractivity contribution in [2.24, 2.45) is 0 Å². The minimum atomic E-state index is 0.481. The predicted molar refractivity (Wildman–Crippen MR) is 103 cm³/mol. The number of nitriles is 1. The van der Waals surface area contributed by atoms with Crippen LogP contribution in [0.3, 0.4) is 0 Å². The topological polar surface area (TPSA) is 60.7 Å². The quantitative estimate of drug-likeness (QED) is 0.659. The van der Waals surface area contributed by atoms with Crippen molar-refractivity contribution in [3.63, 3.8) is 0 Å². The third kappa shape index (κ3) is 3.51. The molecule has 3 rings (SSSR count). The van der Waals surface area contributed by atoms with Crippen LogP contribution in [0, 0.1) is 18.3 Å². The number of anilines is 4. The number of para-hydroxylation sites is 2. The van der Waals surface area contributed by atoms with Crippen LogP contribution in [0.15, 0.2) is 67.2 Å². The van der Waals surface area contributed by atoms with Crippen molar-refractivity contribution in [3.05, 3.63) is 83.9 Å². The van der Waals surface area contributed by atoms with Gasteiger partial charge in [0, 0.05) is 22.5 Å². The maximum Gasteiger partial charge on any atom is 0.151 e. The van der Waals surface area contributed by atoms with Gasteiger partial charge in [-0.1, -0.05) is 49.1 Å². The summed E-state index contributed by atoms with van der Waals surface area (Å²) in [7, 11) is 0. The Morgan fingerprint density at radius 3 is 1.92 bits per heavy atom. The van der Waals surface area contributed by atoms with Crippen LogP contribution in [0.4, 0.5) is 23.0 Å². The number of hydrogen-bond acceptors (Lipinski definition) is 4. The van der Waals surface area contributed by atoms with E-state index < -0.39 is 0 Å². The van der Waals surface area contributed by atoms with E-state index in [2.05, 4.69) is 28.3 Å². The molecule has 4 heteroatoms. The lowest BCUT2D eigenvalue weighted by atomic mass is 10.0. The molecule has 0 aliphatic rings. The van der Waals surface area contributed by atoms with E-state index in [0.717, 1.165) is 22.5 Å². The second kappa shape index (κ2) is 7.33. The van der Waals surface area contributed by atoms with Gasteiger partial charge in [-0.15, -0.1) is 0 Å². The fraction of sp³-hybridized carbons (Fsp3) is 0.0476. The number of aromatic nitrogens is 1. The van der Waals surface area contributed by atoms with Crippen molar-refractivity contribution in [2.45, 2.75) is 6.92 Å². The van der Waals surface area contributed by atoms with Gasteiger partial charge in [0.2, 0.25) is 0 Å². The van der Waals surface area contributed by atoms with Crippen molar-refractivity contribution >= 4 is 29.1 Å². The maximum atomic E-state index is 9.62. The second-order valence-electron chi connectivity index (χ2n) is 5.52. The summed E-state index contributed by atoms with van der Waals surface area (Å²) in [5.41, 5.74) is 3.94. The zero-order valence-electron chi connectivity index (χ0n) is 14.0. The molecule has 0 atom stereocenters. The first-order valence-electron chi connectivity index (χ1n) is 7.94. The van der Waals surface area contributed by atoms with Crippen molar-refractivity contribution in [2.75, 3.05) is 10.6 Å². The van der Waals surface area contributed by atoms with E-state index in [4.69, 9.17) is 0 Å². The van der Waals surface area contributed by atoms with Gasteiger partial charge in [0.25, 0.3) is 0 Å². The van der Waals surface area contributed by atoms with E-state index in [1.165, 1.54) is 0 Å². The summed E-state index contributed by atoms with van der Waals surface area (Å²) in [6, 6.07) is 21.7. The summed E-state index contributed by atoms with van der Waals surface area (Å²) >= 11 is 0. The minimum Gasteiger partial charge on any atom is -0.340 e. The Bertz CT molecular complexity index is 926. The SMILES string of the molecule is C=Cc1c(C)c(Nc2ccccc2)nc(Nc2ccccc2)c1C#N. The first kappa shape index (κ1) is 16.3. The highest BCUT2D eigenvalue weighted by molar-refractivity contribution is 5.77. The molecular formula is C21H18N4. The summed E-state index contributed by atoms with van der Waals surface area (Å²) in [5, 5.41) is 16.2. The van der Waals surface area contributed by atoms with Crippen LogP contribution in [-0.2, 0) is 0 Å². The average molecular weight is 326 g/mol. The molecule has 25 heavy (non-hydrogen) atoms. The molecule has 2 aromatic carbocycles. The van der Waals surface area contributed by atoms with Gasteiger partial charge in [0.1, 0.15) is 17.5 Å². The summed E-state index contributed by atoms with van der Waals surface area (Å²) in [5.74, 6) is 1.20. The number of rotatable bonds is 5. The summed E-state index contributed by atoms with van der Waals surface area (Å²) in [6.07, 6.45) is 1.70. The fourth-order valence-electron chi connectivity index (χ4n) is 2.59. The molecule has 122 valence electrons. The first-order chi connectivity index (χ1) is 12.2. The highest BCUT2D eigenvalue weighted by Crippen LogP contribution is 2.30. The Morgan fingerprint density at radius 2 is 1.44 bits per heavy atom. The lowest BCUT2D eigenvalue weighted by Crippen LogP contribution is -2.06. The van der Waals surface area contributed by atoms with Gasteiger partial charge in [-0.3, -0.25) is 0 Å². The van der Waals surface area contributed by atoms with Crippen LogP contribution >= 0.6 is 0 Å². The van der Waals surface area contributed by atoms with Gasteiger partial charge >= 0.3 is 0 Å². The lowest BCUT2D eigenvalue weighted by molar-refractivity contribution is 1.22. The largest absolute Gasteiger partial charge is 0.340 e. The smallest absolute Gasteiger partial charge is 0.151 e. The van der Waals surface area contributed by atoms with Gasteiger partial charge < -0.3 is 10.6 Å². The van der Waals surface area contributed by atoms with Crippen LogP contribution in [0.5, 0.6) is 0 Å². The van der Waals surface area contributed by atoms with Gasteiger partial charge in [-0.05, 0) is 31.2 Å². The minimum absolute atomic E-state index is 0.481. The van der Waals surface area contributed by atoms with Crippen molar-refractivity contribution in [3.8, 4) is 6.07 Å². The predicted octanol–water partition coefficient (Wildman–Crippen LogP) is 5.39. The van der Waals surface area contributed by atoms with Crippen molar-refractivity contribution in [1.82, 2.24) is 4.98 Å². The molecule has 0 bridgehead atoms. The zero-order valence-corrected chi connectivity index (χ0v) is 14.0. The molecule has 0 spiro atoms. The Labute approximate surface area is 147 Å². The number of nitrogens with zero attached hydrogens (tertiary/aromatic N) is 2. The molecule has 0 saturated heterocycles. The average Bonchev–Trinajstić information content (AvgIpc) is 2.65. The molecular weight excluding hydrogens is 308 g/mol. The molecule has 1 heterocycles. The Kier molecular flexibility index (Phi) is 4.77. The van der Waals surface area contributed by atoms with E-state index in [1.807, 2.05) is 67.6 Å². The van der Waals surface area contributed by atoms with E-state index >= 15 is 0 Å². The van der Waals surface area contributed by atoms with Crippen LogP contribution in [0.2, 0.25) is 0 Å². The first-order valence-corrected chi connectivity index (χ1v) is 7.94. The van der Waals surface area contributed by atoms with Crippen LogP contribution in [0.1, 0.15) is 16.7 Å². The van der Waals surface area contributed by atoms with Crippen LogP contribution in [-0.4, -0.2) is 4.98 Å². The second-order valence-corrected chi connectivity index (χ2v) is 5.52. The third-order valence-corrected chi connectivity index (χ3v) is 3.88. The van der Waals surface area contributed by atoms with E-state index in [-0.39, 0.29) is 0 Å². The summed E-state index contributed by atoms with van der Waals surface area (Å²) in [4.78, 5) is 4.65. The van der Waals surface area contributed by atoms with Crippen LogP contribution in [0.25, 0.3) is 6.08 Å². The number of hydrogen-bond donors (Lipinski definition) is 2. The van der Waals surface area contributed by atoms with E-state index in [1.54, 1.807) is 6.08 Å². The molecule has 3 aromatic rings. The molecule has 0 amide bonds. The van der Waals surface area contributed by atoms with Crippen LogP contribution < -0.4 is 10.6 Å². The zero-order chi connectivity index (χ0) is 17.6. The standard InChI is InChI=1S/C21H18N4/c1-3-18-15(2)20(23-16-10-6-4-7-11-16)25-21(19(18)14-22)24-17-12-8-5-9-13-17/h3-13H,1H2,2H3,(H2,23,24,25). The number of nitrogens with one attached hydrogen (secondary N) is 2. The van der Waals surface area contributed by atoms with Crippen molar-refractivity contribution in [1.29, 1.82) is 5.26 Å². The van der Waals surface area contributed by atoms with E-state index in [9.17, 15) is 5.26 Å². The summed E-state index contributed by atoms with van der Waals surface area (Å²) in [6.45, 7) is 5.80. The molecule has 1 aromatic heterocycles. The van der Waals surface area contributed by atoms with Gasteiger partial charge in [-0.25, -0.2) is 4.98 Å². The Morgan fingerprint density at radius 1 is 0.920 bits per heavy atom. The normalized spacial score (nSPS) is 9.92. The highest BCUT2D eigenvalue weighted by atomic mass is 15.1. The number of pyridine rings is 1. The third-order valence-electron chi connectivity index (χ3n) is 3.88. The monoisotopic (exact) mass is 326 g/mol. The highest BCUT2D eigenvalue weighted by Gasteiger charge is 2.16. The van der Waals surface area contributed by atoms with Crippen molar-refractivity contribution < 1.29 is 0 Å². The molecule has 0 aliphatic heterocycles. The lowest BCUT2D eigenvalue weighted by Gasteiger charge is -2.16. The van der Waals surface area contributed by atoms with Gasteiger partial charge in [0.15, 0.2) is 5.82 Å². The number of benzene rings is 2. The molecule has 0 saturated carbocycles. The molecule has 0 radical (unpaired) electrons. The molecule has 2 N–H and O–H groups in total. The summed E-state index contributed by atoms with van der Waals surface area (Å²) < 4.78 is 0. The molecule has 4 nitrogen and oxygen atoms in total. The van der Waals surface area contributed by atoms with Gasteiger partial charge in [-0.2, -0.15) is 5.26 Å². The maximum absolute atomic E-state index is 9.62. The van der Waals surface area contributed by atoms with Gasteiger partial charge in [0.05, 0.1) is 0 Å². The molecule has 0 unspecified atom stereocenters. The Balaban J connectivity index is 2.08. The Hall–Kier alpha value is -3.58.